The summed E-state index contributed by atoms with van der Waals surface area (Å²) in [6.07, 6.45) is 1.50. The summed E-state index contributed by atoms with van der Waals surface area (Å²) in [4.78, 5) is 34.9. The van der Waals surface area contributed by atoms with E-state index in [1.54, 1.807) is 29.2 Å². The molecular formula is C25H27N5O5. The number of hydrogen-bond donors (Lipinski definition) is 0. The van der Waals surface area contributed by atoms with Gasteiger partial charge in [-0.05, 0) is 50.2 Å². The molecule has 0 bridgehead atoms. The normalized spacial score (nSPS) is 13.4. The van der Waals surface area contributed by atoms with Crippen molar-refractivity contribution < 1.29 is 23.2 Å². The zero-order chi connectivity index (χ0) is 24.8. The van der Waals surface area contributed by atoms with Crippen LogP contribution in [0, 0.1) is 11.3 Å². The number of oxazole rings is 1. The van der Waals surface area contributed by atoms with Gasteiger partial charge in [0.1, 0.15) is 6.07 Å². The zero-order valence-corrected chi connectivity index (χ0v) is 19.8. The summed E-state index contributed by atoms with van der Waals surface area (Å²) in [7, 11) is 0. The Balaban J connectivity index is 1.29. The van der Waals surface area contributed by atoms with Gasteiger partial charge in [0, 0.05) is 45.0 Å². The van der Waals surface area contributed by atoms with Crippen molar-refractivity contribution >= 4 is 23.4 Å². The first kappa shape index (κ1) is 23.9. The molecule has 0 atom stereocenters. The molecule has 1 amide bonds. The molecule has 0 spiro atoms. The van der Waals surface area contributed by atoms with E-state index in [9.17, 15) is 14.9 Å². The topological polar surface area (TPSA) is 116 Å². The lowest BCUT2D eigenvalue weighted by Gasteiger charge is -2.34. The molecule has 0 unspecified atom stereocenters. The van der Waals surface area contributed by atoms with E-state index in [1.807, 2.05) is 23.1 Å². The Morgan fingerprint density at radius 2 is 1.83 bits per heavy atom. The Kier molecular flexibility index (Phi) is 7.35. The average molecular weight is 478 g/mol. The number of carbonyl (C=O) groups excluding carboxylic acids is 2. The molecule has 3 heterocycles. The molecule has 0 radical (unpaired) electrons. The zero-order valence-electron chi connectivity index (χ0n) is 19.8. The van der Waals surface area contributed by atoms with Crippen LogP contribution in [0.25, 0.3) is 11.7 Å². The highest BCUT2D eigenvalue weighted by Crippen LogP contribution is 2.29. The third-order valence-corrected chi connectivity index (χ3v) is 5.93. The van der Waals surface area contributed by atoms with E-state index in [1.165, 1.54) is 6.26 Å². The van der Waals surface area contributed by atoms with Gasteiger partial charge in [0.05, 0.1) is 11.8 Å². The Labute approximate surface area is 203 Å². The number of aromatic nitrogens is 1. The largest absolute Gasteiger partial charge is 0.459 e. The molecule has 3 aromatic rings. The van der Waals surface area contributed by atoms with E-state index in [4.69, 9.17) is 13.6 Å². The minimum atomic E-state index is -0.533. The van der Waals surface area contributed by atoms with Crippen LogP contribution >= 0.6 is 0 Å². The molecule has 10 heteroatoms. The van der Waals surface area contributed by atoms with E-state index >= 15 is 0 Å². The van der Waals surface area contributed by atoms with Crippen LogP contribution < -0.4 is 9.80 Å². The highest BCUT2D eigenvalue weighted by molar-refractivity contribution is 5.91. The van der Waals surface area contributed by atoms with Crippen LogP contribution in [-0.2, 0) is 9.53 Å². The molecule has 1 fully saturated rings. The Bertz CT molecular complexity index is 1180. The van der Waals surface area contributed by atoms with Crippen molar-refractivity contribution in [3.63, 3.8) is 0 Å². The monoisotopic (exact) mass is 477 g/mol. The lowest BCUT2D eigenvalue weighted by molar-refractivity contribution is -0.134. The van der Waals surface area contributed by atoms with Gasteiger partial charge in [0.15, 0.2) is 12.4 Å². The van der Waals surface area contributed by atoms with Crippen LogP contribution in [0.15, 0.2) is 51.5 Å². The predicted molar refractivity (Wildman–Crippen MR) is 128 cm³/mol. The molecule has 1 aliphatic rings. The van der Waals surface area contributed by atoms with Gasteiger partial charge in [-0.15, -0.1) is 0 Å². The number of nitriles is 1. The van der Waals surface area contributed by atoms with Crippen molar-refractivity contribution in [2.45, 2.75) is 13.8 Å². The smallest absolute Gasteiger partial charge is 0.338 e. The minimum Gasteiger partial charge on any atom is -0.459 e. The third kappa shape index (κ3) is 5.30. The van der Waals surface area contributed by atoms with Crippen LogP contribution in [0.3, 0.4) is 0 Å². The summed E-state index contributed by atoms with van der Waals surface area (Å²) < 4.78 is 16.3. The van der Waals surface area contributed by atoms with Gasteiger partial charge in [-0.3, -0.25) is 4.79 Å². The molecule has 182 valence electrons. The second-order valence-electron chi connectivity index (χ2n) is 7.93. The molecule has 1 aromatic carbocycles. The number of benzene rings is 1. The quantitative estimate of drug-likeness (QED) is 0.451. The maximum Gasteiger partial charge on any atom is 0.338 e. The number of nitrogens with zero attached hydrogens (tertiary/aromatic N) is 5. The van der Waals surface area contributed by atoms with Crippen LogP contribution in [-0.4, -0.2) is 67.6 Å². The maximum atomic E-state index is 12.6. The molecule has 0 aliphatic carbocycles. The van der Waals surface area contributed by atoms with Crippen LogP contribution in [0.1, 0.15) is 29.9 Å². The Morgan fingerprint density at radius 3 is 2.43 bits per heavy atom. The summed E-state index contributed by atoms with van der Waals surface area (Å²) in [6, 6.07) is 12.6. The van der Waals surface area contributed by atoms with Crippen molar-refractivity contribution in [2.75, 3.05) is 55.7 Å². The van der Waals surface area contributed by atoms with Crippen molar-refractivity contribution in [1.82, 2.24) is 9.88 Å². The molecular weight excluding hydrogens is 450 g/mol. The highest BCUT2D eigenvalue weighted by atomic mass is 16.5. The fraction of sp³-hybridized carbons (Fsp3) is 0.360. The van der Waals surface area contributed by atoms with Gasteiger partial charge in [-0.25, -0.2) is 4.79 Å². The fourth-order valence-electron chi connectivity index (χ4n) is 3.96. The number of anilines is 2. The molecule has 0 N–H and O–H groups in total. The summed E-state index contributed by atoms with van der Waals surface area (Å²) in [5.41, 5.74) is 1.60. The molecule has 10 nitrogen and oxygen atoms in total. The number of rotatable bonds is 8. The van der Waals surface area contributed by atoms with Crippen LogP contribution in [0.4, 0.5) is 11.6 Å². The fourth-order valence-corrected chi connectivity index (χ4v) is 3.96. The molecule has 1 aliphatic heterocycles. The molecule has 1 saturated heterocycles. The van der Waals surface area contributed by atoms with Gasteiger partial charge < -0.3 is 28.3 Å². The lowest BCUT2D eigenvalue weighted by Crippen LogP contribution is -2.50. The van der Waals surface area contributed by atoms with Crippen molar-refractivity contribution in [3.8, 4) is 17.7 Å². The third-order valence-electron chi connectivity index (χ3n) is 5.93. The van der Waals surface area contributed by atoms with E-state index in [0.717, 1.165) is 18.8 Å². The average Bonchev–Trinajstić information content (AvgIpc) is 3.58. The first-order valence-electron chi connectivity index (χ1n) is 11.5. The highest BCUT2D eigenvalue weighted by Gasteiger charge is 2.27. The number of carbonyl (C=O) groups is 2. The molecule has 0 saturated carbocycles. The van der Waals surface area contributed by atoms with Gasteiger partial charge in [-0.2, -0.15) is 10.2 Å². The summed E-state index contributed by atoms with van der Waals surface area (Å²) in [5, 5.41) is 9.44. The number of esters is 1. The van der Waals surface area contributed by atoms with E-state index in [-0.39, 0.29) is 24.1 Å². The van der Waals surface area contributed by atoms with Gasteiger partial charge in [-0.1, -0.05) is 0 Å². The number of furan rings is 1. The first-order valence-corrected chi connectivity index (χ1v) is 11.5. The van der Waals surface area contributed by atoms with Crippen LogP contribution in [0.5, 0.6) is 0 Å². The second-order valence-corrected chi connectivity index (χ2v) is 7.93. The van der Waals surface area contributed by atoms with Crippen molar-refractivity contribution in [3.05, 3.63) is 53.9 Å². The summed E-state index contributed by atoms with van der Waals surface area (Å²) in [5.74, 6) is 0.217. The lowest BCUT2D eigenvalue weighted by atomic mass is 10.2. The number of ether oxygens (including phenoxy) is 1. The minimum absolute atomic E-state index is 0.164. The van der Waals surface area contributed by atoms with Crippen molar-refractivity contribution in [2.24, 2.45) is 0 Å². The second kappa shape index (κ2) is 10.8. The Morgan fingerprint density at radius 1 is 1.11 bits per heavy atom. The van der Waals surface area contributed by atoms with Crippen molar-refractivity contribution in [1.29, 1.82) is 5.26 Å². The van der Waals surface area contributed by atoms with E-state index in [0.29, 0.717) is 43.4 Å². The predicted octanol–water partition coefficient (Wildman–Crippen LogP) is 3.16. The van der Waals surface area contributed by atoms with Gasteiger partial charge in [0.2, 0.25) is 11.6 Å². The first-order chi connectivity index (χ1) is 17.0. The van der Waals surface area contributed by atoms with Gasteiger partial charge >= 0.3 is 5.97 Å². The molecule has 2 aromatic heterocycles. The standard InChI is InChI=1S/C25H27N5O5/c1-3-28(4-2)19-9-7-18(8-10-19)25(32)34-17-22(31)29-11-13-30(14-12-29)24-20(16-26)27-23(35-24)21-6-5-15-33-21/h5-10,15H,3-4,11-14,17H2,1-2H3. The number of piperazine rings is 1. The summed E-state index contributed by atoms with van der Waals surface area (Å²) in [6.45, 7) is 7.27. The number of amides is 1. The SMILES string of the molecule is CCN(CC)c1ccc(C(=O)OCC(=O)N2CCN(c3oc(-c4ccco4)nc3C#N)CC2)cc1. The van der Waals surface area contributed by atoms with E-state index in [2.05, 4.69) is 23.7 Å². The number of hydrogen-bond acceptors (Lipinski definition) is 9. The van der Waals surface area contributed by atoms with Gasteiger partial charge in [0.25, 0.3) is 11.8 Å². The molecule has 35 heavy (non-hydrogen) atoms. The molecule has 4 rings (SSSR count). The summed E-state index contributed by atoms with van der Waals surface area (Å²) >= 11 is 0. The van der Waals surface area contributed by atoms with Crippen LogP contribution in [0.2, 0.25) is 0 Å². The maximum absolute atomic E-state index is 12.6. The van der Waals surface area contributed by atoms with E-state index < -0.39 is 5.97 Å². The Hall–Kier alpha value is -4.26.